The number of hydrogen-bond acceptors (Lipinski definition) is 6. The van der Waals surface area contributed by atoms with Crippen molar-refractivity contribution in [2.45, 2.75) is 63.4 Å². The lowest BCUT2D eigenvalue weighted by Gasteiger charge is -2.26. The van der Waals surface area contributed by atoms with Gasteiger partial charge in [-0.15, -0.1) is 0 Å². The molecule has 1 fully saturated rings. The van der Waals surface area contributed by atoms with Gasteiger partial charge >= 0.3 is 7.82 Å². The van der Waals surface area contributed by atoms with E-state index < -0.39 is 32.1 Å². The summed E-state index contributed by atoms with van der Waals surface area (Å²) in [4.78, 5) is 9.80. The van der Waals surface area contributed by atoms with Gasteiger partial charge in [0.1, 0.15) is 20.1 Å². The lowest BCUT2D eigenvalue weighted by atomic mass is 9.95. The SMILES string of the molecule is [B][C@@H]1O[C@H](COC(C)C)C(OP(=O)(O)OC(C)C)[C@H]1SC. The third kappa shape index (κ3) is 6.22. The van der Waals surface area contributed by atoms with Gasteiger partial charge in [-0.25, -0.2) is 4.57 Å². The molecule has 0 aromatic heterocycles. The number of phosphoric acid groups is 1. The predicted molar refractivity (Wildman–Crippen MR) is 83.7 cm³/mol. The van der Waals surface area contributed by atoms with Crippen molar-refractivity contribution in [3.63, 3.8) is 0 Å². The summed E-state index contributed by atoms with van der Waals surface area (Å²) < 4.78 is 33.4. The second kappa shape index (κ2) is 8.34. The van der Waals surface area contributed by atoms with Gasteiger partial charge < -0.3 is 14.4 Å². The summed E-state index contributed by atoms with van der Waals surface area (Å²) in [6.07, 6.45) is 0.280. The second-order valence-corrected chi connectivity index (χ2v) is 7.79. The van der Waals surface area contributed by atoms with Gasteiger partial charge in [-0.05, 0) is 34.0 Å². The highest BCUT2D eigenvalue weighted by Gasteiger charge is 2.46. The maximum atomic E-state index is 12.0. The topological polar surface area (TPSA) is 74.2 Å². The van der Waals surface area contributed by atoms with Crippen molar-refractivity contribution in [1.82, 2.24) is 0 Å². The summed E-state index contributed by atoms with van der Waals surface area (Å²) >= 11 is 1.43. The minimum absolute atomic E-state index is 0.0200. The summed E-state index contributed by atoms with van der Waals surface area (Å²) in [6.45, 7) is 7.36. The van der Waals surface area contributed by atoms with Gasteiger partial charge in [-0.1, -0.05) is 0 Å². The van der Waals surface area contributed by atoms with E-state index in [1.165, 1.54) is 11.8 Å². The van der Waals surface area contributed by atoms with Crippen LogP contribution >= 0.6 is 19.6 Å². The summed E-state index contributed by atoms with van der Waals surface area (Å²) in [5, 5.41) is -0.262. The van der Waals surface area contributed by atoms with E-state index in [9.17, 15) is 9.46 Å². The summed E-state index contributed by atoms with van der Waals surface area (Å²) in [6, 6.07) is -0.579. The fraction of sp³-hybridized carbons (Fsp3) is 1.00. The van der Waals surface area contributed by atoms with Crippen molar-refractivity contribution < 1.29 is 28.0 Å². The van der Waals surface area contributed by atoms with Crippen LogP contribution in [0.5, 0.6) is 0 Å². The summed E-state index contributed by atoms with van der Waals surface area (Å²) in [5.74, 6) is 0. The predicted octanol–water partition coefficient (Wildman–Crippen LogP) is 1.95. The molecule has 9 heteroatoms. The molecule has 0 saturated carbocycles. The Morgan fingerprint density at radius 1 is 1.33 bits per heavy atom. The van der Waals surface area contributed by atoms with Crippen LogP contribution < -0.4 is 0 Å². The van der Waals surface area contributed by atoms with Gasteiger partial charge in [0.15, 0.2) is 0 Å². The molecule has 6 nitrogen and oxygen atoms in total. The van der Waals surface area contributed by atoms with Gasteiger partial charge in [-0.2, -0.15) is 11.8 Å². The van der Waals surface area contributed by atoms with Crippen molar-refractivity contribution >= 4 is 27.4 Å². The third-order valence-electron chi connectivity index (χ3n) is 2.81. The lowest BCUT2D eigenvalue weighted by molar-refractivity contribution is -0.0481. The Hall–Kier alpha value is 0.445. The van der Waals surface area contributed by atoms with Crippen LogP contribution in [0.3, 0.4) is 0 Å². The van der Waals surface area contributed by atoms with Gasteiger partial charge in [0, 0.05) is 6.00 Å². The van der Waals surface area contributed by atoms with Crippen molar-refractivity contribution in [3.8, 4) is 0 Å². The molecular weight excluding hydrogens is 314 g/mol. The van der Waals surface area contributed by atoms with E-state index in [1.54, 1.807) is 13.8 Å². The highest BCUT2D eigenvalue weighted by molar-refractivity contribution is 7.99. The maximum absolute atomic E-state index is 12.0. The average molecular weight is 338 g/mol. The molecule has 5 atom stereocenters. The number of thioether (sulfide) groups is 1. The third-order valence-corrected chi connectivity index (χ3v) is 5.09. The minimum atomic E-state index is -4.16. The van der Waals surface area contributed by atoms with Crippen LogP contribution in [-0.4, -0.2) is 61.3 Å². The molecule has 0 aromatic rings. The van der Waals surface area contributed by atoms with Crippen LogP contribution in [0.1, 0.15) is 27.7 Å². The molecule has 0 spiro atoms. The van der Waals surface area contributed by atoms with E-state index in [2.05, 4.69) is 0 Å². The van der Waals surface area contributed by atoms with Crippen LogP contribution in [0.4, 0.5) is 0 Å². The van der Waals surface area contributed by atoms with E-state index in [1.807, 2.05) is 20.1 Å². The molecule has 0 bridgehead atoms. The van der Waals surface area contributed by atoms with E-state index in [4.69, 9.17) is 26.4 Å². The van der Waals surface area contributed by atoms with Crippen LogP contribution in [0.15, 0.2) is 0 Å². The summed E-state index contributed by atoms with van der Waals surface area (Å²) in [7, 11) is 1.74. The first-order valence-electron chi connectivity index (χ1n) is 6.91. The Morgan fingerprint density at radius 2 is 1.95 bits per heavy atom. The van der Waals surface area contributed by atoms with E-state index in [0.717, 1.165) is 0 Å². The molecule has 0 amide bonds. The van der Waals surface area contributed by atoms with Crippen LogP contribution in [0.25, 0.3) is 0 Å². The zero-order valence-electron chi connectivity index (χ0n) is 13.1. The molecule has 1 aliphatic rings. The average Bonchev–Trinajstić information content (AvgIpc) is 2.59. The van der Waals surface area contributed by atoms with E-state index in [0.29, 0.717) is 0 Å². The first-order chi connectivity index (χ1) is 9.66. The molecule has 1 saturated heterocycles. The fourth-order valence-electron chi connectivity index (χ4n) is 2.02. The summed E-state index contributed by atoms with van der Waals surface area (Å²) in [5.41, 5.74) is 0. The molecule has 21 heavy (non-hydrogen) atoms. The van der Waals surface area contributed by atoms with Gasteiger partial charge in [0.05, 0.1) is 24.1 Å². The number of rotatable bonds is 8. The molecule has 1 N–H and O–H groups in total. The molecule has 0 aromatic carbocycles. The highest BCUT2D eigenvalue weighted by Crippen LogP contribution is 2.49. The zero-order chi connectivity index (χ0) is 16.2. The molecular formula is C12H24BO6PS. The van der Waals surface area contributed by atoms with E-state index >= 15 is 0 Å². The molecule has 0 aliphatic carbocycles. The Labute approximate surface area is 132 Å². The Balaban J connectivity index is 2.77. The molecule has 2 unspecified atom stereocenters. The van der Waals surface area contributed by atoms with Gasteiger partial charge in [-0.3, -0.25) is 9.05 Å². The quantitative estimate of drug-likeness (QED) is 0.535. The zero-order valence-corrected chi connectivity index (χ0v) is 14.8. The number of phosphoric ester groups is 1. The number of ether oxygens (including phenoxy) is 2. The first-order valence-corrected chi connectivity index (χ1v) is 9.69. The van der Waals surface area contributed by atoms with Crippen molar-refractivity contribution in [2.75, 3.05) is 12.9 Å². The standard InChI is InChI=1S/C12H24BO6PS/c1-7(2)16-6-9-10(11(21-5)12(13)17-9)19-20(14,15)18-8(3)4/h7-12H,6H2,1-5H3,(H,14,15)/t9-,10?,11-,12-/m1/s1. The van der Waals surface area contributed by atoms with Crippen LogP contribution in [0, 0.1) is 0 Å². The molecule has 122 valence electrons. The van der Waals surface area contributed by atoms with Crippen molar-refractivity contribution in [3.05, 3.63) is 0 Å². The Bertz CT molecular complexity index is 370. The molecule has 1 heterocycles. The monoisotopic (exact) mass is 338 g/mol. The van der Waals surface area contributed by atoms with Crippen molar-refractivity contribution in [2.24, 2.45) is 0 Å². The van der Waals surface area contributed by atoms with Crippen LogP contribution in [0.2, 0.25) is 0 Å². The Kier molecular flexibility index (Phi) is 7.74. The number of hydrogen-bond donors (Lipinski definition) is 1. The van der Waals surface area contributed by atoms with E-state index in [-0.39, 0.29) is 18.0 Å². The first kappa shape index (κ1) is 19.5. The smallest absolute Gasteiger partial charge is 0.378 e. The van der Waals surface area contributed by atoms with Gasteiger partial charge in [0.2, 0.25) is 0 Å². The molecule has 1 aliphatic heterocycles. The van der Waals surface area contributed by atoms with Crippen LogP contribution in [-0.2, 0) is 23.1 Å². The molecule has 2 radical (unpaired) electrons. The van der Waals surface area contributed by atoms with Gasteiger partial charge in [0.25, 0.3) is 0 Å². The molecule has 1 rings (SSSR count). The normalized spacial score (nSPS) is 32.8. The minimum Gasteiger partial charge on any atom is -0.378 e. The maximum Gasteiger partial charge on any atom is 0.472 e. The highest BCUT2D eigenvalue weighted by atomic mass is 32.2. The largest absolute Gasteiger partial charge is 0.472 e. The van der Waals surface area contributed by atoms with Crippen molar-refractivity contribution in [1.29, 1.82) is 0 Å². The lowest BCUT2D eigenvalue weighted by Crippen LogP contribution is -2.35. The Morgan fingerprint density at radius 3 is 2.43 bits per heavy atom. The second-order valence-electron chi connectivity index (χ2n) is 5.41. The fourth-order valence-corrected chi connectivity index (χ4v) is 4.09.